The molecule has 0 aromatic heterocycles. The average molecular weight is 270 g/mol. The van der Waals surface area contributed by atoms with Gasteiger partial charge in [0.1, 0.15) is 0 Å². The van der Waals surface area contributed by atoms with Gasteiger partial charge in [-0.15, -0.1) is 0 Å². The van der Waals surface area contributed by atoms with Gasteiger partial charge in [0, 0.05) is 12.6 Å². The highest BCUT2D eigenvalue weighted by Crippen LogP contribution is 2.37. The lowest BCUT2D eigenvalue weighted by Gasteiger charge is -2.25. The second-order valence-electron chi connectivity index (χ2n) is 6.15. The van der Waals surface area contributed by atoms with E-state index in [0.717, 1.165) is 19.3 Å². The molecule has 2 amide bonds. The van der Waals surface area contributed by atoms with Gasteiger partial charge in [0.2, 0.25) is 0 Å². The first-order chi connectivity index (χ1) is 8.85. The van der Waals surface area contributed by atoms with Crippen LogP contribution >= 0.6 is 0 Å². The SMILES string of the molecule is CC(C)CC(C)NC(=O)NCC1(C(=O)O)CCCC1. The predicted molar refractivity (Wildman–Crippen MR) is 74.0 cm³/mol. The normalized spacial score (nSPS) is 19.2. The molecule has 0 heterocycles. The molecule has 1 fully saturated rings. The van der Waals surface area contributed by atoms with E-state index in [-0.39, 0.29) is 18.6 Å². The van der Waals surface area contributed by atoms with Gasteiger partial charge in [-0.25, -0.2) is 4.79 Å². The minimum absolute atomic E-state index is 0.101. The summed E-state index contributed by atoms with van der Waals surface area (Å²) < 4.78 is 0. The van der Waals surface area contributed by atoms with Gasteiger partial charge >= 0.3 is 12.0 Å². The van der Waals surface area contributed by atoms with Crippen molar-refractivity contribution in [1.82, 2.24) is 10.6 Å². The predicted octanol–water partition coefficient (Wildman–Crippen LogP) is 2.37. The van der Waals surface area contributed by atoms with Gasteiger partial charge in [-0.3, -0.25) is 4.79 Å². The summed E-state index contributed by atoms with van der Waals surface area (Å²) in [5.41, 5.74) is -0.751. The van der Waals surface area contributed by atoms with E-state index in [4.69, 9.17) is 0 Å². The van der Waals surface area contributed by atoms with E-state index in [2.05, 4.69) is 24.5 Å². The van der Waals surface area contributed by atoms with Crippen molar-refractivity contribution >= 4 is 12.0 Å². The summed E-state index contributed by atoms with van der Waals surface area (Å²) in [6.45, 7) is 6.40. The topological polar surface area (TPSA) is 78.4 Å². The number of carboxylic acids is 1. The first-order valence-electron chi connectivity index (χ1n) is 7.13. The summed E-state index contributed by atoms with van der Waals surface area (Å²) in [6, 6.07) is -0.162. The number of carbonyl (C=O) groups excluding carboxylic acids is 1. The fourth-order valence-corrected chi connectivity index (χ4v) is 2.81. The van der Waals surface area contributed by atoms with E-state index in [1.54, 1.807) is 0 Å². The van der Waals surface area contributed by atoms with Crippen LogP contribution in [0, 0.1) is 11.3 Å². The molecule has 1 unspecified atom stereocenters. The Bertz CT molecular complexity index is 323. The van der Waals surface area contributed by atoms with Crippen LogP contribution in [-0.4, -0.2) is 29.7 Å². The number of hydrogen-bond donors (Lipinski definition) is 3. The molecule has 1 aliphatic carbocycles. The molecule has 0 bridgehead atoms. The average Bonchev–Trinajstić information content (AvgIpc) is 2.74. The maximum atomic E-state index is 11.7. The molecule has 0 saturated heterocycles. The van der Waals surface area contributed by atoms with Gasteiger partial charge in [0.15, 0.2) is 0 Å². The largest absolute Gasteiger partial charge is 0.481 e. The third kappa shape index (κ3) is 4.73. The van der Waals surface area contributed by atoms with Crippen LogP contribution < -0.4 is 10.6 Å². The molecule has 1 rings (SSSR count). The zero-order valence-corrected chi connectivity index (χ0v) is 12.2. The van der Waals surface area contributed by atoms with Crippen molar-refractivity contribution < 1.29 is 14.7 Å². The lowest BCUT2D eigenvalue weighted by Crippen LogP contribution is -2.47. The minimum Gasteiger partial charge on any atom is -0.481 e. The number of aliphatic carboxylic acids is 1. The van der Waals surface area contributed by atoms with Crippen molar-refractivity contribution in [3.05, 3.63) is 0 Å². The number of rotatable bonds is 6. The molecule has 5 nitrogen and oxygen atoms in total. The lowest BCUT2D eigenvalue weighted by molar-refractivity contribution is -0.148. The van der Waals surface area contributed by atoms with Crippen LogP contribution in [0.3, 0.4) is 0 Å². The number of carboxylic acid groups (broad SMARTS) is 1. The molecule has 1 aliphatic rings. The van der Waals surface area contributed by atoms with Crippen molar-refractivity contribution in [3.8, 4) is 0 Å². The highest BCUT2D eigenvalue weighted by atomic mass is 16.4. The Morgan fingerprint density at radius 2 is 1.79 bits per heavy atom. The minimum atomic E-state index is -0.791. The van der Waals surface area contributed by atoms with E-state index < -0.39 is 11.4 Å². The summed E-state index contributed by atoms with van der Waals surface area (Å²) in [5, 5.41) is 14.9. The molecule has 0 spiro atoms. The quantitative estimate of drug-likeness (QED) is 0.693. The van der Waals surface area contributed by atoms with Crippen LogP contribution in [0.5, 0.6) is 0 Å². The van der Waals surface area contributed by atoms with Gasteiger partial charge < -0.3 is 15.7 Å². The summed E-state index contributed by atoms with van der Waals surface area (Å²) in [6.07, 6.45) is 4.09. The summed E-state index contributed by atoms with van der Waals surface area (Å²) in [4.78, 5) is 23.1. The Balaban J connectivity index is 2.38. The molecule has 0 aromatic rings. The van der Waals surface area contributed by atoms with Gasteiger partial charge in [0.25, 0.3) is 0 Å². The molecule has 1 saturated carbocycles. The number of amides is 2. The third-order valence-corrected chi connectivity index (χ3v) is 3.80. The van der Waals surface area contributed by atoms with Crippen molar-refractivity contribution in [3.63, 3.8) is 0 Å². The molecule has 0 radical (unpaired) electrons. The molecular weight excluding hydrogens is 244 g/mol. The van der Waals surface area contributed by atoms with E-state index in [9.17, 15) is 14.7 Å². The van der Waals surface area contributed by atoms with Gasteiger partial charge in [-0.2, -0.15) is 0 Å². The molecule has 1 atom stereocenters. The summed E-state index contributed by atoms with van der Waals surface area (Å²) in [7, 11) is 0. The molecule has 19 heavy (non-hydrogen) atoms. The Morgan fingerprint density at radius 1 is 1.21 bits per heavy atom. The second kappa shape index (κ2) is 6.78. The zero-order chi connectivity index (χ0) is 14.5. The fraction of sp³-hybridized carbons (Fsp3) is 0.857. The number of carbonyl (C=O) groups is 2. The van der Waals surface area contributed by atoms with Crippen molar-refractivity contribution in [2.24, 2.45) is 11.3 Å². The Labute approximate surface area is 115 Å². The first kappa shape index (κ1) is 15.8. The Morgan fingerprint density at radius 3 is 2.26 bits per heavy atom. The highest BCUT2D eigenvalue weighted by Gasteiger charge is 2.41. The van der Waals surface area contributed by atoms with Crippen molar-refractivity contribution in [1.29, 1.82) is 0 Å². The second-order valence-corrected chi connectivity index (χ2v) is 6.15. The summed E-state index contributed by atoms with van der Waals surface area (Å²) in [5.74, 6) is -0.268. The molecule has 110 valence electrons. The van der Waals surface area contributed by atoms with Gasteiger partial charge in [-0.1, -0.05) is 26.7 Å². The van der Waals surface area contributed by atoms with E-state index in [0.29, 0.717) is 18.8 Å². The molecule has 0 aromatic carbocycles. The maximum absolute atomic E-state index is 11.7. The van der Waals surface area contributed by atoms with E-state index in [1.165, 1.54) is 0 Å². The molecular formula is C14H26N2O3. The molecule has 3 N–H and O–H groups in total. The molecule has 0 aliphatic heterocycles. The number of nitrogens with one attached hydrogen (secondary N) is 2. The van der Waals surface area contributed by atoms with Crippen molar-refractivity contribution in [2.45, 2.75) is 58.9 Å². The van der Waals surface area contributed by atoms with Crippen LogP contribution in [0.2, 0.25) is 0 Å². The van der Waals surface area contributed by atoms with Crippen LogP contribution in [0.1, 0.15) is 52.9 Å². The van der Waals surface area contributed by atoms with Crippen LogP contribution in [0.15, 0.2) is 0 Å². The zero-order valence-electron chi connectivity index (χ0n) is 12.2. The van der Waals surface area contributed by atoms with Crippen LogP contribution in [-0.2, 0) is 4.79 Å². The van der Waals surface area contributed by atoms with Gasteiger partial charge in [-0.05, 0) is 32.1 Å². The summed E-state index contributed by atoms with van der Waals surface area (Å²) >= 11 is 0. The Kier molecular flexibility index (Phi) is 5.63. The van der Waals surface area contributed by atoms with Crippen molar-refractivity contribution in [2.75, 3.05) is 6.54 Å². The van der Waals surface area contributed by atoms with E-state index in [1.807, 2.05) is 6.92 Å². The number of urea groups is 1. The first-order valence-corrected chi connectivity index (χ1v) is 7.13. The standard InChI is InChI=1S/C14H26N2O3/c1-10(2)8-11(3)16-13(19)15-9-14(12(17)18)6-4-5-7-14/h10-11H,4-9H2,1-3H3,(H,17,18)(H2,15,16,19). The third-order valence-electron chi connectivity index (χ3n) is 3.80. The number of hydrogen-bond acceptors (Lipinski definition) is 2. The van der Waals surface area contributed by atoms with Crippen LogP contribution in [0.4, 0.5) is 4.79 Å². The van der Waals surface area contributed by atoms with E-state index >= 15 is 0 Å². The maximum Gasteiger partial charge on any atom is 0.315 e. The smallest absolute Gasteiger partial charge is 0.315 e. The van der Waals surface area contributed by atoms with Gasteiger partial charge in [0.05, 0.1) is 5.41 Å². The van der Waals surface area contributed by atoms with Crippen LogP contribution in [0.25, 0.3) is 0 Å². The highest BCUT2D eigenvalue weighted by molar-refractivity contribution is 5.78. The molecule has 5 heteroatoms. The Hall–Kier alpha value is -1.26. The monoisotopic (exact) mass is 270 g/mol. The lowest BCUT2D eigenvalue weighted by atomic mass is 9.86. The fourth-order valence-electron chi connectivity index (χ4n) is 2.81.